The Kier molecular flexibility index (Phi) is 2.82. The molecule has 84 valence electrons. The highest BCUT2D eigenvalue weighted by atomic mass is 32.1. The van der Waals surface area contributed by atoms with Crippen molar-refractivity contribution < 1.29 is 4.92 Å². The lowest BCUT2D eigenvalue weighted by atomic mass is 10.4. The number of nitro groups is 1. The Morgan fingerprint density at radius 3 is 3.06 bits per heavy atom. The van der Waals surface area contributed by atoms with Gasteiger partial charge < -0.3 is 5.32 Å². The fraction of sp³-hybridized carbons (Fsp3) is 0.250. The highest BCUT2D eigenvalue weighted by Crippen LogP contribution is 2.25. The Labute approximate surface area is 94.9 Å². The molecule has 0 bridgehead atoms. The molecule has 0 atom stereocenters. The zero-order valence-electron chi connectivity index (χ0n) is 8.45. The summed E-state index contributed by atoms with van der Waals surface area (Å²) < 4.78 is 1.70. The molecule has 0 amide bonds. The van der Waals surface area contributed by atoms with Gasteiger partial charge in [-0.2, -0.15) is 5.10 Å². The Balaban J connectivity index is 1.97. The highest BCUT2D eigenvalue weighted by Gasteiger charge is 2.11. The Hall–Kier alpha value is -1.96. The molecule has 2 heterocycles. The van der Waals surface area contributed by atoms with Crippen LogP contribution >= 0.6 is 11.3 Å². The van der Waals surface area contributed by atoms with Crippen molar-refractivity contribution in [3.05, 3.63) is 34.3 Å². The van der Waals surface area contributed by atoms with E-state index >= 15 is 0 Å². The van der Waals surface area contributed by atoms with Crippen LogP contribution in [-0.2, 0) is 13.6 Å². The lowest BCUT2D eigenvalue weighted by Crippen LogP contribution is -2.00. The molecule has 1 N–H and O–H groups in total. The van der Waals surface area contributed by atoms with Gasteiger partial charge in [0.15, 0.2) is 5.13 Å². The number of aromatic nitrogens is 3. The van der Waals surface area contributed by atoms with Gasteiger partial charge in [-0.3, -0.25) is 14.8 Å². The smallest absolute Gasteiger partial charge is 0.345 e. The Morgan fingerprint density at radius 2 is 2.50 bits per heavy atom. The number of hydrogen-bond donors (Lipinski definition) is 1. The van der Waals surface area contributed by atoms with Crippen molar-refractivity contribution in [3.63, 3.8) is 0 Å². The molecule has 8 heteroatoms. The second-order valence-electron chi connectivity index (χ2n) is 3.10. The van der Waals surface area contributed by atoms with Crippen molar-refractivity contribution in [3.8, 4) is 0 Å². The molecule has 7 nitrogen and oxygen atoms in total. The van der Waals surface area contributed by atoms with E-state index < -0.39 is 4.92 Å². The van der Waals surface area contributed by atoms with Crippen molar-refractivity contribution in [1.82, 2.24) is 14.8 Å². The summed E-state index contributed by atoms with van der Waals surface area (Å²) in [5.41, 5.74) is 0.861. The minimum Gasteiger partial charge on any atom is -0.356 e. The first-order valence-electron chi connectivity index (χ1n) is 4.48. The zero-order chi connectivity index (χ0) is 11.5. The van der Waals surface area contributed by atoms with E-state index in [0.717, 1.165) is 17.0 Å². The first-order chi connectivity index (χ1) is 7.65. The van der Waals surface area contributed by atoms with Crippen LogP contribution < -0.4 is 5.32 Å². The Bertz CT molecular complexity index is 506. The summed E-state index contributed by atoms with van der Waals surface area (Å²) in [6.07, 6.45) is 3.08. The van der Waals surface area contributed by atoms with Gasteiger partial charge in [0.05, 0.1) is 17.2 Å². The fourth-order valence-corrected chi connectivity index (χ4v) is 1.78. The van der Waals surface area contributed by atoms with Gasteiger partial charge in [-0.25, -0.2) is 4.98 Å². The molecule has 2 aromatic rings. The van der Waals surface area contributed by atoms with Gasteiger partial charge in [0, 0.05) is 13.2 Å². The largest absolute Gasteiger partial charge is 0.356 e. The highest BCUT2D eigenvalue weighted by molar-refractivity contribution is 7.18. The van der Waals surface area contributed by atoms with Crippen molar-refractivity contribution in [2.45, 2.75) is 6.54 Å². The van der Waals surface area contributed by atoms with Crippen molar-refractivity contribution in [1.29, 1.82) is 0 Å². The predicted molar refractivity (Wildman–Crippen MR) is 59.3 cm³/mol. The van der Waals surface area contributed by atoms with Gasteiger partial charge in [-0.15, -0.1) is 0 Å². The van der Waals surface area contributed by atoms with Crippen LogP contribution in [0.2, 0.25) is 0 Å². The van der Waals surface area contributed by atoms with Gasteiger partial charge >= 0.3 is 5.00 Å². The molecular formula is C8H9N5O2S. The quantitative estimate of drug-likeness (QED) is 0.643. The lowest BCUT2D eigenvalue weighted by Gasteiger charge is -1.97. The standard InChI is InChI=1S/C8H9N5O2S/c1-12-3-2-6(11-12)4-9-8-10-5-7(16-8)13(14)15/h2-3,5H,4H2,1H3,(H,9,10). The maximum absolute atomic E-state index is 10.4. The van der Waals surface area contributed by atoms with E-state index in [4.69, 9.17) is 0 Å². The van der Waals surface area contributed by atoms with Crippen LogP contribution in [0, 0.1) is 10.1 Å². The number of thiazole rings is 1. The molecule has 0 aromatic carbocycles. The van der Waals surface area contributed by atoms with Gasteiger partial charge in [0.1, 0.15) is 6.20 Å². The first kappa shape index (κ1) is 10.6. The maximum atomic E-state index is 10.4. The molecule has 0 fully saturated rings. The number of rotatable bonds is 4. The van der Waals surface area contributed by atoms with Crippen LogP contribution in [0.3, 0.4) is 0 Å². The van der Waals surface area contributed by atoms with Crippen LogP contribution in [0.1, 0.15) is 5.69 Å². The van der Waals surface area contributed by atoms with Crippen LogP contribution in [0.15, 0.2) is 18.5 Å². The van der Waals surface area contributed by atoms with Crippen molar-refractivity contribution in [2.75, 3.05) is 5.32 Å². The van der Waals surface area contributed by atoms with Crippen LogP contribution in [-0.4, -0.2) is 19.7 Å². The monoisotopic (exact) mass is 239 g/mol. The first-order valence-corrected chi connectivity index (χ1v) is 5.29. The second kappa shape index (κ2) is 4.27. The predicted octanol–water partition coefficient (Wildman–Crippen LogP) is 1.40. The van der Waals surface area contributed by atoms with E-state index in [0.29, 0.717) is 11.7 Å². The normalized spacial score (nSPS) is 10.3. The minimum atomic E-state index is -0.455. The lowest BCUT2D eigenvalue weighted by molar-refractivity contribution is -0.380. The molecule has 2 aromatic heterocycles. The average Bonchev–Trinajstić information content (AvgIpc) is 2.83. The SMILES string of the molecule is Cn1ccc(CNc2ncc([N+](=O)[O-])s2)n1. The molecule has 0 aliphatic carbocycles. The van der Waals surface area contributed by atoms with E-state index in [1.54, 1.807) is 4.68 Å². The van der Waals surface area contributed by atoms with Crippen LogP contribution in [0.5, 0.6) is 0 Å². The van der Waals surface area contributed by atoms with Crippen LogP contribution in [0.25, 0.3) is 0 Å². The summed E-state index contributed by atoms with van der Waals surface area (Å²) in [6.45, 7) is 0.505. The van der Waals surface area contributed by atoms with Gasteiger partial charge in [0.2, 0.25) is 0 Å². The molecule has 0 aliphatic heterocycles. The molecule has 0 saturated heterocycles. The second-order valence-corrected chi connectivity index (χ2v) is 4.10. The fourth-order valence-electron chi connectivity index (χ4n) is 1.16. The number of nitrogens with one attached hydrogen (secondary N) is 1. The Morgan fingerprint density at radius 1 is 1.69 bits per heavy atom. The third-order valence-corrected chi connectivity index (χ3v) is 2.77. The zero-order valence-corrected chi connectivity index (χ0v) is 9.27. The van der Waals surface area contributed by atoms with Gasteiger partial charge in [-0.1, -0.05) is 0 Å². The molecule has 0 aliphatic rings. The van der Waals surface area contributed by atoms with E-state index in [2.05, 4.69) is 15.4 Å². The maximum Gasteiger partial charge on any atom is 0.345 e. The van der Waals surface area contributed by atoms with Crippen molar-refractivity contribution in [2.24, 2.45) is 7.05 Å². The molecule has 0 unspecified atom stereocenters. The molecular weight excluding hydrogens is 230 g/mol. The van der Waals surface area contributed by atoms with E-state index in [1.807, 2.05) is 19.3 Å². The number of hydrogen-bond acceptors (Lipinski definition) is 6. The third kappa shape index (κ3) is 2.34. The molecule has 0 saturated carbocycles. The minimum absolute atomic E-state index is 0.0310. The van der Waals surface area contributed by atoms with Crippen molar-refractivity contribution >= 4 is 21.5 Å². The number of nitrogens with zero attached hydrogens (tertiary/aromatic N) is 4. The van der Waals surface area contributed by atoms with Crippen LogP contribution in [0.4, 0.5) is 10.1 Å². The summed E-state index contributed by atoms with van der Waals surface area (Å²) in [7, 11) is 1.83. The van der Waals surface area contributed by atoms with Gasteiger partial charge in [-0.05, 0) is 17.4 Å². The molecule has 2 rings (SSSR count). The van der Waals surface area contributed by atoms with E-state index in [-0.39, 0.29) is 5.00 Å². The average molecular weight is 239 g/mol. The topological polar surface area (TPSA) is 85.9 Å². The number of anilines is 1. The molecule has 0 spiro atoms. The summed E-state index contributed by atoms with van der Waals surface area (Å²) in [6, 6.07) is 1.87. The number of aryl methyl sites for hydroxylation is 1. The molecule has 16 heavy (non-hydrogen) atoms. The van der Waals surface area contributed by atoms with Gasteiger partial charge in [0.25, 0.3) is 0 Å². The summed E-state index contributed by atoms with van der Waals surface area (Å²) >= 11 is 1.01. The summed E-state index contributed by atoms with van der Waals surface area (Å²) in [5.74, 6) is 0. The third-order valence-electron chi connectivity index (χ3n) is 1.86. The van der Waals surface area contributed by atoms with E-state index in [9.17, 15) is 10.1 Å². The van der Waals surface area contributed by atoms with E-state index in [1.165, 1.54) is 6.20 Å². The summed E-state index contributed by atoms with van der Waals surface area (Å²) in [5, 5.41) is 18.1. The summed E-state index contributed by atoms with van der Waals surface area (Å²) in [4.78, 5) is 13.9. The molecule has 0 radical (unpaired) electrons.